The SMILES string of the molecule is COC(=O)Nc1cccc2c1N(C)C(=O)CO2. The van der Waals surface area contributed by atoms with Crippen LogP contribution in [0.1, 0.15) is 0 Å². The first kappa shape index (κ1) is 11.3. The first-order valence-electron chi connectivity index (χ1n) is 5.01. The fourth-order valence-electron chi connectivity index (χ4n) is 1.61. The summed E-state index contributed by atoms with van der Waals surface area (Å²) in [5.41, 5.74) is 1.01. The van der Waals surface area contributed by atoms with Crippen LogP contribution in [0, 0.1) is 0 Å². The molecule has 2 amide bonds. The van der Waals surface area contributed by atoms with E-state index in [1.807, 2.05) is 0 Å². The lowest BCUT2D eigenvalue weighted by Gasteiger charge is -2.27. The molecule has 0 aromatic heterocycles. The molecule has 0 atom stereocenters. The highest BCUT2D eigenvalue weighted by Crippen LogP contribution is 2.37. The fourth-order valence-corrected chi connectivity index (χ4v) is 1.61. The van der Waals surface area contributed by atoms with Crippen LogP contribution >= 0.6 is 0 Å². The van der Waals surface area contributed by atoms with Gasteiger partial charge in [-0.1, -0.05) is 6.07 Å². The molecule has 0 saturated carbocycles. The maximum absolute atomic E-state index is 11.5. The summed E-state index contributed by atoms with van der Waals surface area (Å²) in [5.74, 6) is 0.387. The van der Waals surface area contributed by atoms with E-state index in [9.17, 15) is 9.59 Å². The van der Waals surface area contributed by atoms with E-state index in [1.54, 1.807) is 25.2 Å². The molecule has 1 aromatic carbocycles. The van der Waals surface area contributed by atoms with Gasteiger partial charge < -0.3 is 14.4 Å². The van der Waals surface area contributed by atoms with E-state index >= 15 is 0 Å². The summed E-state index contributed by atoms with van der Waals surface area (Å²) in [4.78, 5) is 24.1. The highest BCUT2D eigenvalue weighted by Gasteiger charge is 2.25. The van der Waals surface area contributed by atoms with Gasteiger partial charge in [0.05, 0.1) is 12.8 Å². The molecule has 1 aliphatic heterocycles. The molecular formula is C11H12N2O4. The Morgan fingerprint density at radius 2 is 2.29 bits per heavy atom. The molecule has 1 N–H and O–H groups in total. The highest BCUT2D eigenvalue weighted by molar-refractivity contribution is 6.03. The quantitative estimate of drug-likeness (QED) is 0.796. The zero-order valence-electron chi connectivity index (χ0n) is 9.52. The lowest BCUT2D eigenvalue weighted by atomic mass is 10.2. The van der Waals surface area contributed by atoms with Gasteiger partial charge in [0.1, 0.15) is 11.4 Å². The molecule has 0 spiro atoms. The average molecular weight is 236 g/mol. The zero-order chi connectivity index (χ0) is 12.4. The van der Waals surface area contributed by atoms with E-state index in [4.69, 9.17) is 4.74 Å². The fraction of sp³-hybridized carbons (Fsp3) is 0.273. The van der Waals surface area contributed by atoms with Crippen LogP contribution in [0.25, 0.3) is 0 Å². The van der Waals surface area contributed by atoms with Gasteiger partial charge in [-0.3, -0.25) is 10.1 Å². The predicted octanol–water partition coefficient (Wildman–Crippen LogP) is 1.22. The number of fused-ring (bicyclic) bond motifs is 1. The third-order valence-corrected chi connectivity index (χ3v) is 2.48. The number of carbonyl (C=O) groups is 2. The minimum absolute atomic E-state index is 0.00514. The number of amides is 2. The summed E-state index contributed by atoms with van der Waals surface area (Å²) in [6.07, 6.45) is -0.593. The Kier molecular flexibility index (Phi) is 2.86. The van der Waals surface area contributed by atoms with Crippen molar-refractivity contribution >= 4 is 23.4 Å². The third kappa shape index (κ3) is 2.01. The number of hydrogen-bond donors (Lipinski definition) is 1. The van der Waals surface area contributed by atoms with Crippen molar-refractivity contribution in [3.05, 3.63) is 18.2 Å². The maximum Gasteiger partial charge on any atom is 0.411 e. The largest absolute Gasteiger partial charge is 0.481 e. The van der Waals surface area contributed by atoms with Gasteiger partial charge in [0.25, 0.3) is 5.91 Å². The summed E-state index contributed by atoms with van der Waals surface area (Å²) < 4.78 is 9.79. The van der Waals surface area contributed by atoms with Crippen molar-refractivity contribution in [2.24, 2.45) is 0 Å². The Balaban J connectivity index is 2.41. The molecule has 90 valence electrons. The van der Waals surface area contributed by atoms with E-state index in [0.717, 1.165) is 0 Å². The third-order valence-electron chi connectivity index (χ3n) is 2.48. The van der Waals surface area contributed by atoms with Crippen LogP contribution in [0.3, 0.4) is 0 Å². The summed E-state index contributed by atoms with van der Waals surface area (Å²) in [5, 5.41) is 2.54. The lowest BCUT2D eigenvalue weighted by Crippen LogP contribution is -2.36. The number of likely N-dealkylation sites (N-methyl/N-ethyl adjacent to an activating group) is 1. The van der Waals surface area contributed by atoms with Gasteiger partial charge in [-0.2, -0.15) is 0 Å². The van der Waals surface area contributed by atoms with Gasteiger partial charge in [0.15, 0.2) is 6.61 Å². The summed E-state index contributed by atoms with van der Waals surface area (Å²) in [6.45, 7) is 0.00514. The minimum Gasteiger partial charge on any atom is -0.481 e. The monoisotopic (exact) mass is 236 g/mol. The van der Waals surface area contributed by atoms with Gasteiger partial charge in [0.2, 0.25) is 0 Å². The second-order valence-corrected chi connectivity index (χ2v) is 3.51. The second kappa shape index (κ2) is 4.32. The summed E-state index contributed by atoms with van der Waals surface area (Å²) >= 11 is 0. The topological polar surface area (TPSA) is 67.9 Å². The Morgan fingerprint density at radius 3 is 3.00 bits per heavy atom. The lowest BCUT2D eigenvalue weighted by molar-refractivity contribution is -0.120. The first-order valence-corrected chi connectivity index (χ1v) is 5.01. The number of nitrogens with one attached hydrogen (secondary N) is 1. The smallest absolute Gasteiger partial charge is 0.411 e. The molecule has 0 radical (unpaired) electrons. The molecule has 2 rings (SSSR count). The highest BCUT2D eigenvalue weighted by atomic mass is 16.5. The molecule has 0 fully saturated rings. The minimum atomic E-state index is -0.593. The van der Waals surface area contributed by atoms with Gasteiger partial charge in [0, 0.05) is 7.05 Å². The number of methoxy groups -OCH3 is 1. The molecule has 1 heterocycles. The zero-order valence-corrected chi connectivity index (χ0v) is 9.52. The Morgan fingerprint density at radius 1 is 1.53 bits per heavy atom. The molecule has 6 heteroatoms. The van der Waals surface area contributed by atoms with Crippen LogP contribution in [-0.2, 0) is 9.53 Å². The van der Waals surface area contributed by atoms with Crippen molar-refractivity contribution in [2.45, 2.75) is 0 Å². The molecule has 0 aliphatic carbocycles. The van der Waals surface area contributed by atoms with Gasteiger partial charge >= 0.3 is 6.09 Å². The van der Waals surface area contributed by atoms with Crippen LogP contribution in [-0.4, -0.2) is 32.8 Å². The van der Waals surface area contributed by atoms with Crippen LogP contribution in [0.15, 0.2) is 18.2 Å². The van der Waals surface area contributed by atoms with Crippen LogP contribution in [0.4, 0.5) is 16.2 Å². The van der Waals surface area contributed by atoms with Gasteiger partial charge in [-0.25, -0.2) is 4.79 Å². The van der Waals surface area contributed by atoms with E-state index < -0.39 is 6.09 Å². The van der Waals surface area contributed by atoms with E-state index in [2.05, 4.69) is 10.1 Å². The number of hydrogen-bond acceptors (Lipinski definition) is 4. The number of anilines is 2. The molecular weight excluding hydrogens is 224 g/mol. The normalized spacial score (nSPS) is 13.8. The van der Waals surface area contributed by atoms with E-state index in [1.165, 1.54) is 12.0 Å². The van der Waals surface area contributed by atoms with E-state index in [0.29, 0.717) is 17.1 Å². The van der Waals surface area contributed by atoms with E-state index in [-0.39, 0.29) is 12.5 Å². The molecule has 1 aliphatic rings. The number of carbonyl (C=O) groups excluding carboxylic acids is 2. The van der Waals surface area contributed by atoms with Crippen molar-refractivity contribution in [1.29, 1.82) is 0 Å². The molecule has 17 heavy (non-hydrogen) atoms. The molecule has 0 saturated heterocycles. The number of rotatable bonds is 1. The van der Waals surface area contributed by atoms with Crippen molar-refractivity contribution in [3.63, 3.8) is 0 Å². The van der Waals surface area contributed by atoms with Crippen LogP contribution in [0.5, 0.6) is 5.75 Å². The van der Waals surface area contributed by atoms with Crippen molar-refractivity contribution in [1.82, 2.24) is 0 Å². The van der Waals surface area contributed by atoms with Crippen molar-refractivity contribution in [3.8, 4) is 5.75 Å². The number of ether oxygens (including phenoxy) is 2. The maximum atomic E-state index is 11.5. The first-order chi connectivity index (χ1) is 8.13. The number of para-hydroxylation sites is 1. The Bertz CT molecular complexity index is 473. The number of nitrogens with zero attached hydrogens (tertiary/aromatic N) is 1. The molecule has 0 unspecified atom stereocenters. The standard InChI is InChI=1S/C11H12N2O4/c1-13-9(14)6-17-8-5-3-4-7(10(8)13)12-11(15)16-2/h3-5H,6H2,1-2H3,(H,12,15). The van der Waals surface area contributed by atoms with Gasteiger partial charge in [-0.05, 0) is 12.1 Å². The molecule has 6 nitrogen and oxygen atoms in total. The van der Waals surface area contributed by atoms with Crippen LogP contribution in [0.2, 0.25) is 0 Å². The summed E-state index contributed by atoms with van der Waals surface area (Å²) in [6, 6.07) is 5.14. The van der Waals surface area contributed by atoms with Crippen LogP contribution < -0.4 is 15.0 Å². The summed E-state index contributed by atoms with van der Waals surface area (Å²) in [7, 11) is 2.90. The Labute approximate surface area is 98.1 Å². The van der Waals surface area contributed by atoms with Crippen molar-refractivity contribution in [2.75, 3.05) is 31.0 Å². The molecule has 1 aromatic rings. The molecule has 0 bridgehead atoms. The number of benzene rings is 1. The predicted molar refractivity (Wildman–Crippen MR) is 61.4 cm³/mol. The average Bonchev–Trinajstić information content (AvgIpc) is 2.34. The Hall–Kier alpha value is -2.24. The van der Waals surface area contributed by atoms with Crippen molar-refractivity contribution < 1.29 is 19.1 Å². The van der Waals surface area contributed by atoms with Gasteiger partial charge in [-0.15, -0.1) is 0 Å². The second-order valence-electron chi connectivity index (χ2n) is 3.51.